The molecule has 0 fully saturated rings. The van der Waals surface area contributed by atoms with Crippen molar-refractivity contribution in [2.75, 3.05) is 0 Å². The van der Waals surface area contributed by atoms with E-state index in [-0.39, 0.29) is 11.7 Å². The number of carbonyl (C=O) groups excluding carboxylic acids is 1. The minimum Gasteiger partial charge on any atom is -0.299 e. The van der Waals surface area contributed by atoms with E-state index in [1.54, 1.807) is 0 Å². The van der Waals surface area contributed by atoms with Crippen LogP contribution in [0.15, 0.2) is 79.0 Å². The third-order valence-electron chi connectivity index (χ3n) is 5.24. The highest BCUT2D eigenvalue weighted by molar-refractivity contribution is 5.82. The number of ketones is 1. The molecule has 4 aromatic rings. The normalized spacial score (nSPS) is 12.1. The van der Waals surface area contributed by atoms with Crippen LogP contribution in [0.3, 0.4) is 0 Å². The number of hydrogen-bond donors (Lipinski definition) is 0. The predicted molar refractivity (Wildman–Crippen MR) is 118 cm³/mol. The van der Waals surface area contributed by atoms with Gasteiger partial charge < -0.3 is 0 Å². The Balaban J connectivity index is 1.41. The van der Waals surface area contributed by atoms with Gasteiger partial charge >= 0.3 is 0 Å². The van der Waals surface area contributed by atoms with Gasteiger partial charge in [-0.2, -0.15) is 0 Å². The van der Waals surface area contributed by atoms with Gasteiger partial charge in [-0.3, -0.25) is 14.8 Å². The zero-order chi connectivity index (χ0) is 20.2. The van der Waals surface area contributed by atoms with Crippen molar-refractivity contribution in [1.29, 1.82) is 0 Å². The average molecular weight is 380 g/mol. The first-order chi connectivity index (χ1) is 14.1. The Morgan fingerprint density at radius 1 is 0.931 bits per heavy atom. The summed E-state index contributed by atoms with van der Waals surface area (Å²) in [6.07, 6.45) is 2.77. The second kappa shape index (κ2) is 8.36. The Morgan fingerprint density at radius 3 is 2.52 bits per heavy atom. The summed E-state index contributed by atoms with van der Waals surface area (Å²) < 4.78 is 0. The van der Waals surface area contributed by atoms with Crippen molar-refractivity contribution in [2.45, 2.75) is 32.6 Å². The van der Waals surface area contributed by atoms with Crippen LogP contribution in [0, 0.1) is 6.92 Å². The number of fused-ring (bicyclic) bond motifs is 1. The van der Waals surface area contributed by atoms with Crippen LogP contribution in [0.1, 0.15) is 36.2 Å². The zero-order valence-electron chi connectivity index (χ0n) is 16.8. The van der Waals surface area contributed by atoms with E-state index in [0.717, 1.165) is 39.0 Å². The Hall–Kier alpha value is -3.33. The highest BCUT2D eigenvalue weighted by Crippen LogP contribution is 2.23. The molecule has 29 heavy (non-hydrogen) atoms. The van der Waals surface area contributed by atoms with Crippen molar-refractivity contribution in [3.8, 4) is 11.1 Å². The number of benzene rings is 2. The van der Waals surface area contributed by atoms with Gasteiger partial charge in [-0.1, -0.05) is 55.5 Å². The molecule has 0 aliphatic carbocycles. The van der Waals surface area contributed by atoms with E-state index in [1.807, 2.05) is 55.6 Å². The molecule has 2 heterocycles. The highest BCUT2D eigenvalue weighted by Gasteiger charge is 2.14. The first kappa shape index (κ1) is 19.0. The third kappa shape index (κ3) is 4.57. The SMILES string of the molecule is Cc1cc(-c2ccc(CC(=O)C[C@H](C)c3ccc4ccccc4n3)cc2)ccn1. The quantitative estimate of drug-likeness (QED) is 0.417. The molecule has 0 unspecified atom stereocenters. The maximum absolute atomic E-state index is 12.6. The van der Waals surface area contributed by atoms with Gasteiger partial charge in [-0.15, -0.1) is 0 Å². The number of hydrogen-bond acceptors (Lipinski definition) is 3. The van der Waals surface area contributed by atoms with E-state index in [1.165, 1.54) is 0 Å². The maximum Gasteiger partial charge on any atom is 0.137 e. The molecule has 0 amide bonds. The maximum atomic E-state index is 12.6. The number of nitrogens with zero attached hydrogens (tertiary/aromatic N) is 2. The second-order valence-electron chi connectivity index (χ2n) is 7.63. The van der Waals surface area contributed by atoms with E-state index in [2.05, 4.69) is 42.2 Å². The van der Waals surface area contributed by atoms with Gasteiger partial charge in [0.05, 0.1) is 5.52 Å². The van der Waals surface area contributed by atoms with Gasteiger partial charge in [-0.25, -0.2) is 0 Å². The molecule has 0 spiro atoms. The number of Topliss-reactive ketones (excluding diaryl/α,β-unsaturated/α-hetero) is 1. The Bertz CT molecular complexity index is 1150. The van der Waals surface area contributed by atoms with Gasteiger partial charge in [-0.05, 0) is 47.9 Å². The topological polar surface area (TPSA) is 42.9 Å². The largest absolute Gasteiger partial charge is 0.299 e. The Labute approximate surface area is 171 Å². The van der Waals surface area contributed by atoms with Crippen LogP contribution in [0.5, 0.6) is 0 Å². The summed E-state index contributed by atoms with van der Waals surface area (Å²) in [4.78, 5) is 21.6. The molecule has 0 aliphatic rings. The molecule has 144 valence electrons. The molecule has 0 aliphatic heterocycles. The van der Waals surface area contributed by atoms with Gasteiger partial charge in [0.2, 0.25) is 0 Å². The minimum absolute atomic E-state index is 0.103. The lowest BCUT2D eigenvalue weighted by Crippen LogP contribution is -2.08. The van der Waals surface area contributed by atoms with Crippen LogP contribution in [-0.2, 0) is 11.2 Å². The van der Waals surface area contributed by atoms with Gasteiger partial charge in [0.1, 0.15) is 5.78 Å². The summed E-state index contributed by atoms with van der Waals surface area (Å²) in [6.45, 7) is 4.06. The molecule has 2 aromatic carbocycles. The van der Waals surface area contributed by atoms with E-state index >= 15 is 0 Å². The first-order valence-corrected chi connectivity index (χ1v) is 9.98. The standard InChI is InChI=1S/C26H24N2O/c1-18(25-12-11-22-5-3-4-6-26(22)28-25)15-24(29)17-20-7-9-21(10-8-20)23-13-14-27-19(2)16-23/h3-14,16,18H,15,17H2,1-2H3/t18-/m0/s1. The fourth-order valence-electron chi connectivity index (χ4n) is 3.64. The molecule has 0 saturated heterocycles. The smallest absolute Gasteiger partial charge is 0.137 e. The molecular weight excluding hydrogens is 356 g/mol. The van der Waals surface area contributed by atoms with E-state index in [0.29, 0.717) is 12.8 Å². The fraction of sp³-hybridized carbons (Fsp3) is 0.192. The number of aryl methyl sites for hydroxylation is 1. The second-order valence-corrected chi connectivity index (χ2v) is 7.63. The fourth-order valence-corrected chi connectivity index (χ4v) is 3.64. The summed E-state index contributed by atoms with van der Waals surface area (Å²) in [7, 11) is 0. The molecule has 3 heteroatoms. The number of carbonyl (C=O) groups is 1. The Morgan fingerprint density at radius 2 is 1.72 bits per heavy atom. The van der Waals surface area contributed by atoms with Crippen LogP contribution in [-0.4, -0.2) is 15.8 Å². The summed E-state index contributed by atoms with van der Waals surface area (Å²) in [6, 6.07) is 24.5. The van der Waals surface area contributed by atoms with E-state index < -0.39 is 0 Å². The average Bonchev–Trinajstić information content (AvgIpc) is 2.74. The van der Waals surface area contributed by atoms with Gasteiger partial charge in [0, 0.05) is 41.7 Å². The van der Waals surface area contributed by atoms with Gasteiger partial charge in [0.15, 0.2) is 0 Å². The van der Waals surface area contributed by atoms with Crippen molar-refractivity contribution >= 4 is 16.7 Å². The van der Waals surface area contributed by atoms with Crippen molar-refractivity contribution in [1.82, 2.24) is 9.97 Å². The number of pyridine rings is 2. The molecular formula is C26H24N2O. The molecule has 0 saturated carbocycles. The monoisotopic (exact) mass is 380 g/mol. The number of rotatable bonds is 6. The summed E-state index contributed by atoms with van der Waals surface area (Å²) in [5.74, 6) is 0.339. The lowest BCUT2D eigenvalue weighted by molar-refractivity contribution is -0.118. The van der Waals surface area contributed by atoms with Crippen LogP contribution in [0.25, 0.3) is 22.0 Å². The predicted octanol–water partition coefficient (Wildman–Crippen LogP) is 5.91. The van der Waals surface area contributed by atoms with Crippen LogP contribution in [0.4, 0.5) is 0 Å². The van der Waals surface area contributed by atoms with Crippen molar-refractivity contribution in [2.24, 2.45) is 0 Å². The zero-order valence-corrected chi connectivity index (χ0v) is 16.8. The van der Waals surface area contributed by atoms with Crippen molar-refractivity contribution < 1.29 is 4.79 Å². The lowest BCUT2D eigenvalue weighted by atomic mass is 9.95. The van der Waals surface area contributed by atoms with Crippen LogP contribution < -0.4 is 0 Å². The third-order valence-corrected chi connectivity index (χ3v) is 5.24. The molecule has 0 N–H and O–H groups in total. The lowest BCUT2D eigenvalue weighted by Gasteiger charge is -2.11. The van der Waals surface area contributed by atoms with E-state index in [9.17, 15) is 4.79 Å². The highest BCUT2D eigenvalue weighted by atomic mass is 16.1. The number of para-hydroxylation sites is 1. The van der Waals surface area contributed by atoms with Crippen LogP contribution in [0.2, 0.25) is 0 Å². The van der Waals surface area contributed by atoms with Crippen molar-refractivity contribution in [3.05, 3.63) is 95.9 Å². The molecule has 3 nitrogen and oxygen atoms in total. The summed E-state index contributed by atoms with van der Waals surface area (Å²) >= 11 is 0. The van der Waals surface area contributed by atoms with Crippen LogP contribution >= 0.6 is 0 Å². The van der Waals surface area contributed by atoms with E-state index in [4.69, 9.17) is 4.98 Å². The minimum atomic E-state index is 0.103. The molecule has 0 bridgehead atoms. The van der Waals surface area contributed by atoms with Crippen molar-refractivity contribution in [3.63, 3.8) is 0 Å². The first-order valence-electron chi connectivity index (χ1n) is 9.98. The molecule has 2 aromatic heterocycles. The number of aromatic nitrogens is 2. The molecule has 0 radical (unpaired) electrons. The summed E-state index contributed by atoms with van der Waals surface area (Å²) in [5, 5.41) is 1.12. The molecule has 1 atom stereocenters. The molecule has 4 rings (SSSR count). The van der Waals surface area contributed by atoms with Gasteiger partial charge in [0.25, 0.3) is 0 Å². The summed E-state index contributed by atoms with van der Waals surface area (Å²) in [5.41, 5.74) is 6.28. The Kier molecular flexibility index (Phi) is 5.48.